The summed E-state index contributed by atoms with van der Waals surface area (Å²) in [6.45, 7) is 7.78. The minimum atomic E-state index is -0.417. The molecule has 4 rings (SSSR count). The first-order chi connectivity index (χ1) is 18.3. The predicted molar refractivity (Wildman–Crippen MR) is 152 cm³/mol. The van der Waals surface area contributed by atoms with E-state index in [1.165, 1.54) is 12.4 Å². The summed E-state index contributed by atoms with van der Waals surface area (Å²) in [5.74, 6) is 7.07. The van der Waals surface area contributed by atoms with Crippen molar-refractivity contribution in [2.75, 3.05) is 17.7 Å². The molecule has 192 valence electrons. The Balaban J connectivity index is 1.64. The SMILES string of the molecule is C=CC(=O)Nc1cc2c(Nc3ccc(OCc4ccccn4)c(Cl)c3)ncnc2cc1C#CC(C)(C)NC. The molecule has 0 fully saturated rings. The molecule has 0 aliphatic heterocycles. The molecule has 38 heavy (non-hydrogen) atoms. The van der Waals surface area contributed by atoms with Crippen LogP contribution in [0.15, 0.2) is 73.7 Å². The first kappa shape index (κ1) is 26.6. The normalized spacial score (nSPS) is 10.8. The molecule has 0 aliphatic carbocycles. The summed E-state index contributed by atoms with van der Waals surface area (Å²) < 4.78 is 5.82. The van der Waals surface area contributed by atoms with Gasteiger partial charge in [0.1, 0.15) is 24.5 Å². The highest BCUT2D eigenvalue weighted by molar-refractivity contribution is 6.32. The molecule has 0 atom stereocenters. The summed E-state index contributed by atoms with van der Waals surface area (Å²) in [7, 11) is 1.84. The van der Waals surface area contributed by atoms with Crippen molar-refractivity contribution in [3.05, 3.63) is 90.0 Å². The van der Waals surface area contributed by atoms with E-state index in [-0.39, 0.29) is 5.91 Å². The number of nitrogens with one attached hydrogen (secondary N) is 3. The van der Waals surface area contributed by atoms with E-state index in [9.17, 15) is 4.79 Å². The molecule has 0 saturated carbocycles. The maximum Gasteiger partial charge on any atom is 0.247 e. The summed E-state index contributed by atoms with van der Waals surface area (Å²) in [6, 6.07) is 14.6. The molecule has 2 heterocycles. The number of nitrogens with zero attached hydrogens (tertiary/aromatic N) is 3. The summed E-state index contributed by atoms with van der Waals surface area (Å²) in [4.78, 5) is 25.2. The van der Waals surface area contributed by atoms with E-state index < -0.39 is 5.54 Å². The van der Waals surface area contributed by atoms with Gasteiger partial charge in [0.2, 0.25) is 5.91 Å². The Hall–Kier alpha value is -4.45. The van der Waals surface area contributed by atoms with Gasteiger partial charge in [0.05, 0.1) is 33.0 Å². The average Bonchev–Trinajstić information content (AvgIpc) is 2.92. The number of benzene rings is 2. The molecule has 2 aromatic heterocycles. The lowest BCUT2D eigenvalue weighted by Crippen LogP contribution is -2.34. The zero-order valence-electron chi connectivity index (χ0n) is 21.3. The standard InChI is InChI=1S/C29H27ClN6O2/c1-5-27(37)36-24-16-22-25(14-19(24)11-12-29(2,3)31-4)33-18-34-28(22)35-20-9-10-26(23(30)15-20)38-17-21-8-6-7-13-32-21/h5-10,13-16,18,31H,1,17H2,2-4H3,(H,36,37)(H,33,34,35). The maximum absolute atomic E-state index is 12.1. The number of fused-ring (bicyclic) bond motifs is 1. The van der Waals surface area contributed by atoms with Crippen LogP contribution < -0.4 is 20.7 Å². The van der Waals surface area contributed by atoms with E-state index in [1.54, 1.807) is 24.4 Å². The topological polar surface area (TPSA) is 101 Å². The Morgan fingerprint density at radius 3 is 2.71 bits per heavy atom. The highest BCUT2D eigenvalue weighted by atomic mass is 35.5. The fourth-order valence-corrected chi connectivity index (χ4v) is 3.58. The van der Waals surface area contributed by atoms with E-state index in [0.29, 0.717) is 51.0 Å². The number of anilines is 3. The molecule has 8 nitrogen and oxygen atoms in total. The lowest BCUT2D eigenvalue weighted by molar-refractivity contribution is -0.111. The zero-order valence-corrected chi connectivity index (χ0v) is 22.1. The number of rotatable bonds is 8. The van der Waals surface area contributed by atoms with Gasteiger partial charge in [-0.3, -0.25) is 9.78 Å². The molecule has 0 spiro atoms. The van der Waals surface area contributed by atoms with E-state index in [2.05, 4.69) is 49.3 Å². The molecule has 2 aromatic carbocycles. The first-order valence-electron chi connectivity index (χ1n) is 11.8. The number of ether oxygens (including phenoxy) is 1. The van der Waals surface area contributed by atoms with Crippen LogP contribution in [0.2, 0.25) is 5.02 Å². The Bertz CT molecular complexity index is 1540. The molecule has 0 aliphatic rings. The van der Waals surface area contributed by atoms with Gasteiger partial charge in [-0.2, -0.15) is 0 Å². The lowest BCUT2D eigenvalue weighted by atomic mass is 10.0. The molecule has 4 aromatic rings. The third kappa shape index (κ3) is 6.65. The number of aromatic nitrogens is 3. The number of hydrogen-bond donors (Lipinski definition) is 3. The molecule has 0 radical (unpaired) electrons. The first-order valence-corrected chi connectivity index (χ1v) is 12.2. The minimum absolute atomic E-state index is 0.305. The van der Waals surface area contributed by atoms with Gasteiger partial charge in [-0.1, -0.05) is 36.1 Å². The molecule has 1 amide bonds. The van der Waals surface area contributed by atoms with Crippen LogP contribution in [0.1, 0.15) is 25.1 Å². The number of carbonyl (C=O) groups is 1. The van der Waals surface area contributed by atoms with Crippen molar-refractivity contribution in [1.29, 1.82) is 0 Å². The Kier molecular flexibility index (Phi) is 8.22. The lowest BCUT2D eigenvalue weighted by Gasteiger charge is -2.16. The average molecular weight is 527 g/mol. The molecule has 0 saturated heterocycles. The van der Waals surface area contributed by atoms with E-state index in [4.69, 9.17) is 16.3 Å². The second-order valence-corrected chi connectivity index (χ2v) is 9.24. The van der Waals surface area contributed by atoms with Crippen molar-refractivity contribution in [3.63, 3.8) is 0 Å². The van der Waals surface area contributed by atoms with Gasteiger partial charge in [0, 0.05) is 17.3 Å². The van der Waals surface area contributed by atoms with Crippen LogP contribution in [0, 0.1) is 11.8 Å². The van der Waals surface area contributed by atoms with Crippen LogP contribution in [0.5, 0.6) is 5.75 Å². The van der Waals surface area contributed by atoms with Crippen LogP contribution in [0.4, 0.5) is 17.2 Å². The predicted octanol–water partition coefficient (Wildman–Crippen LogP) is 5.47. The van der Waals surface area contributed by atoms with Crippen molar-refractivity contribution in [2.24, 2.45) is 0 Å². The van der Waals surface area contributed by atoms with Gasteiger partial charge in [0.15, 0.2) is 0 Å². The summed E-state index contributed by atoms with van der Waals surface area (Å²) in [5, 5.41) is 10.4. The van der Waals surface area contributed by atoms with Crippen LogP contribution in [-0.4, -0.2) is 33.4 Å². The fourth-order valence-electron chi connectivity index (χ4n) is 3.35. The highest BCUT2D eigenvalue weighted by Crippen LogP contribution is 2.32. The molecule has 3 N–H and O–H groups in total. The highest BCUT2D eigenvalue weighted by Gasteiger charge is 2.14. The number of hydrogen-bond acceptors (Lipinski definition) is 7. The summed E-state index contributed by atoms with van der Waals surface area (Å²) in [5.41, 5.74) is 2.90. The van der Waals surface area contributed by atoms with E-state index in [0.717, 1.165) is 5.69 Å². The molecule has 9 heteroatoms. The quantitative estimate of drug-likeness (QED) is 0.206. The van der Waals surface area contributed by atoms with Gasteiger partial charge in [-0.25, -0.2) is 9.97 Å². The van der Waals surface area contributed by atoms with Crippen LogP contribution in [0.3, 0.4) is 0 Å². The van der Waals surface area contributed by atoms with E-state index >= 15 is 0 Å². The fraction of sp³-hybridized carbons (Fsp3) is 0.172. The van der Waals surface area contributed by atoms with Crippen molar-refractivity contribution < 1.29 is 9.53 Å². The Labute approximate surface area is 226 Å². The van der Waals surface area contributed by atoms with Gasteiger partial charge in [-0.05, 0) is 69.4 Å². The van der Waals surface area contributed by atoms with Crippen molar-refractivity contribution in [1.82, 2.24) is 20.3 Å². The van der Waals surface area contributed by atoms with Crippen LogP contribution in [0.25, 0.3) is 10.9 Å². The van der Waals surface area contributed by atoms with Crippen LogP contribution in [-0.2, 0) is 11.4 Å². The zero-order chi connectivity index (χ0) is 27.1. The van der Waals surface area contributed by atoms with Crippen molar-refractivity contribution in [3.8, 4) is 17.6 Å². The third-order valence-corrected chi connectivity index (χ3v) is 5.94. The molecule has 0 bridgehead atoms. The largest absolute Gasteiger partial charge is 0.486 e. The van der Waals surface area contributed by atoms with Gasteiger partial charge in [-0.15, -0.1) is 0 Å². The smallest absolute Gasteiger partial charge is 0.247 e. The van der Waals surface area contributed by atoms with Gasteiger partial charge >= 0.3 is 0 Å². The maximum atomic E-state index is 12.1. The summed E-state index contributed by atoms with van der Waals surface area (Å²) in [6.07, 6.45) is 4.39. The second-order valence-electron chi connectivity index (χ2n) is 8.84. The minimum Gasteiger partial charge on any atom is -0.486 e. The summed E-state index contributed by atoms with van der Waals surface area (Å²) >= 11 is 6.49. The molecular weight excluding hydrogens is 500 g/mol. The number of carbonyl (C=O) groups excluding carboxylic acids is 1. The van der Waals surface area contributed by atoms with Gasteiger partial charge < -0.3 is 20.7 Å². The number of amides is 1. The number of pyridine rings is 1. The number of halogens is 1. The molecular formula is C29H27ClN6O2. The van der Waals surface area contributed by atoms with E-state index in [1.807, 2.05) is 51.2 Å². The van der Waals surface area contributed by atoms with Crippen LogP contribution >= 0.6 is 11.6 Å². The van der Waals surface area contributed by atoms with Crippen molar-refractivity contribution >= 4 is 45.6 Å². The second kappa shape index (κ2) is 11.7. The van der Waals surface area contributed by atoms with Gasteiger partial charge in [0.25, 0.3) is 0 Å². The third-order valence-electron chi connectivity index (χ3n) is 5.65. The van der Waals surface area contributed by atoms with Crippen molar-refractivity contribution in [2.45, 2.75) is 26.0 Å². The molecule has 0 unspecified atom stereocenters. The Morgan fingerprint density at radius 2 is 2.00 bits per heavy atom. The Morgan fingerprint density at radius 1 is 1.16 bits per heavy atom. The monoisotopic (exact) mass is 526 g/mol.